The molecule has 0 unspecified atom stereocenters. The summed E-state index contributed by atoms with van der Waals surface area (Å²) in [4.78, 5) is 0.277. The van der Waals surface area contributed by atoms with E-state index in [2.05, 4.69) is 4.72 Å². The normalized spacial score (nSPS) is 11.4. The Labute approximate surface area is 138 Å². The van der Waals surface area contributed by atoms with Crippen LogP contribution in [0.5, 0.6) is 5.75 Å². The second-order valence-corrected chi connectivity index (χ2v) is 7.18. The number of hydrogen-bond acceptors (Lipinski definition) is 3. The zero-order chi connectivity index (χ0) is 16.9. The second-order valence-electron chi connectivity index (χ2n) is 5.45. The van der Waals surface area contributed by atoms with E-state index in [1.54, 1.807) is 13.0 Å². The summed E-state index contributed by atoms with van der Waals surface area (Å²) >= 11 is 0. The van der Waals surface area contributed by atoms with Crippen LogP contribution in [-0.2, 0) is 16.4 Å². The molecule has 124 valence electrons. The molecule has 0 radical (unpaired) electrons. The number of sulfonamides is 1. The predicted molar refractivity (Wildman–Crippen MR) is 92.4 cm³/mol. The number of rotatable bonds is 7. The predicted octanol–water partition coefficient (Wildman–Crippen LogP) is 3.22. The van der Waals surface area contributed by atoms with Crippen LogP contribution >= 0.6 is 0 Å². The van der Waals surface area contributed by atoms with E-state index < -0.39 is 10.0 Å². The third kappa shape index (κ3) is 4.56. The first-order chi connectivity index (χ1) is 10.9. The van der Waals surface area contributed by atoms with Crippen LogP contribution in [0.15, 0.2) is 47.4 Å². The maximum Gasteiger partial charge on any atom is 0.240 e. The van der Waals surface area contributed by atoms with Gasteiger partial charge >= 0.3 is 0 Å². The minimum Gasteiger partial charge on any atom is -0.494 e. The topological polar surface area (TPSA) is 55.4 Å². The number of nitrogens with one attached hydrogen (secondary N) is 1. The van der Waals surface area contributed by atoms with Crippen molar-refractivity contribution >= 4 is 10.0 Å². The molecular weight excluding hydrogens is 310 g/mol. The molecule has 2 aromatic carbocycles. The van der Waals surface area contributed by atoms with Gasteiger partial charge in [-0.1, -0.05) is 36.4 Å². The molecule has 0 spiro atoms. The van der Waals surface area contributed by atoms with Crippen molar-refractivity contribution in [1.29, 1.82) is 0 Å². The highest BCUT2D eigenvalue weighted by Crippen LogP contribution is 2.26. The van der Waals surface area contributed by atoms with Crippen LogP contribution in [0.3, 0.4) is 0 Å². The van der Waals surface area contributed by atoms with Gasteiger partial charge in [-0.3, -0.25) is 0 Å². The van der Waals surface area contributed by atoms with Crippen LogP contribution in [-0.4, -0.2) is 21.6 Å². The Morgan fingerprint density at radius 3 is 2.39 bits per heavy atom. The number of hydrogen-bond donors (Lipinski definition) is 1. The highest BCUT2D eigenvalue weighted by Gasteiger charge is 2.18. The highest BCUT2D eigenvalue weighted by atomic mass is 32.2. The lowest BCUT2D eigenvalue weighted by molar-refractivity contribution is 0.337. The third-order valence-corrected chi connectivity index (χ3v) is 5.21. The summed E-state index contributed by atoms with van der Waals surface area (Å²) in [5.74, 6) is 0.613. The first-order valence-electron chi connectivity index (χ1n) is 7.71. The maximum atomic E-state index is 12.5. The van der Waals surface area contributed by atoms with E-state index in [0.717, 1.165) is 16.7 Å². The van der Waals surface area contributed by atoms with Crippen molar-refractivity contribution in [3.05, 3.63) is 59.2 Å². The lowest BCUT2D eigenvalue weighted by Gasteiger charge is -2.14. The van der Waals surface area contributed by atoms with E-state index in [9.17, 15) is 8.42 Å². The van der Waals surface area contributed by atoms with Gasteiger partial charge in [-0.15, -0.1) is 0 Å². The van der Waals surface area contributed by atoms with Gasteiger partial charge in [0.1, 0.15) is 5.75 Å². The van der Waals surface area contributed by atoms with Crippen LogP contribution in [0, 0.1) is 13.8 Å². The van der Waals surface area contributed by atoms with E-state index in [0.29, 0.717) is 25.3 Å². The summed E-state index contributed by atoms with van der Waals surface area (Å²) in [5, 5.41) is 0. The summed E-state index contributed by atoms with van der Waals surface area (Å²) in [5.41, 5.74) is 2.76. The zero-order valence-electron chi connectivity index (χ0n) is 13.8. The Bertz CT molecular complexity index is 755. The van der Waals surface area contributed by atoms with Crippen LogP contribution in [0.1, 0.15) is 23.6 Å². The van der Waals surface area contributed by atoms with Crippen molar-refractivity contribution in [1.82, 2.24) is 4.72 Å². The molecule has 0 aliphatic heterocycles. The molecule has 2 rings (SSSR count). The lowest BCUT2D eigenvalue weighted by atomic mass is 10.1. The van der Waals surface area contributed by atoms with E-state index >= 15 is 0 Å². The summed E-state index contributed by atoms with van der Waals surface area (Å²) < 4.78 is 33.3. The summed E-state index contributed by atoms with van der Waals surface area (Å²) in [7, 11) is -3.55. The molecule has 0 saturated carbocycles. The molecule has 0 saturated heterocycles. The van der Waals surface area contributed by atoms with Crippen molar-refractivity contribution in [3.8, 4) is 5.75 Å². The first-order valence-corrected chi connectivity index (χ1v) is 9.20. The second kappa shape index (κ2) is 7.62. The molecule has 23 heavy (non-hydrogen) atoms. The number of aryl methyl sites for hydroxylation is 2. The van der Waals surface area contributed by atoms with E-state index in [1.165, 1.54) is 0 Å². The van der Waals surface area contributed by atoms with Gasteiger partial charge in [0, 0.05) is 12.6 Å². The van der Waals surface area contributed by atoms with Gasteiger partial charge in [0.15, 0.2) is 0 Å². The van der Waals surface area contributed by atoms with Gasteiger partial charge in [0.05, 0.1) is 11.5 Å². The third-order valence-electron chi connectivity index (χ3n) is 3.61. The summed E-state index contributed by atoms with van der Waals surface area (Å²) in [6.45, 7) is 6.46. The molecule has 5 heteroatoms. The average molecular weight is 333 g/mol. The van der Waals surface area contributed by atoms with Crippen LogP contribution in [0.25, 0.3) is 0 Å². The largest absolute Gasteiger partial charge is 0.494 e. The molecular formula is C18H23NO3S. The standard InChI is InChI=1S/C18H23NO3S/c1-4-22-17-13-18(15(3)12-14(17)2)23(20,21)19-11-10-16-8-6-5-7-9-16/h5-9,12-13,19H,4,10-11H2,1-3H3. The molecule has 4 nitrogen and oxygen atoms in total. The van der Waals surface area contributed by atoms with Gasteiger partial charge in [-0.2, -0.15) is 0 Å². The number of ether oxygens (including phenoxy) is 1. The first kappa shape index (κ1) is 17.5. The Hall–Kier alpha value is -1.85. The van der Waals surface area contributed by atoms with Crippen LogP contribution < -0.4 is 9.46 Å². The van der Waals surface area contributed by atoms with Crippen LogP contribution in [0.4, 0.5) is 0 Å². The van der Waals surface area contributed by atoms with Crippen molar-refractivity contribution in [2.24, 2.45) is 0 Å². The molecule has 0 aliphatic rings. The minimum atomic E-state index is -3.55. The molecule has 0 amide bonds. The van der Waals surface area contributed by atoms with E-state index in [1.807, 2.05) is 50.2 Å². The minimum absolute atomic E-state index is 0.277. The fourth-order valence-electron chi connectivity index (χ4n) is 2.47. The molecule has 2 aromatic rings. The smallest absolute Gasteiger partial charge is 0.240 e. The molecule has 0 heterocycles. The Morgan fingerprint density at radius 2 is 1.74 bits per heavy atom. The molecule has 0 aliphatic carbocycles. The van der Waals surface area contributed by atoms with Gasteiger partial charge < -0.3 is 4.74 Å². The van der Waals surface area contributed by atoms with Gasteiger partial charge in [-0.05, 0) is 43.9 Å². The molecule has 0 fully saturated rings. The van der Waals surface area contributed by atoms with Crippen LogP contribution in [0.2, 0.25) is 0 Å². The van der Waals surface area contributed by atoms with E-state index in [-0.39, 0.29) is 4.90 Å². The Balaban J connectivity index is 2.14. The monoisotopic (exact) mass is 333 g/mol. The Kier molecular flexibility index (Phi) is 5.80. The van der Waals surface area contributed by atoms with Gasteiger partial charge in [-0.25, -0.2) is 13.1 Å². The maximum absolute atomic E-state index is 12.5. The van der Waals surface area contributed by atoms with E-state index in [4.69, 9.17) is 4.74 Å². The SMILES string of the molecule is CCOc1cc(S(=O)(=O)NCCc2ccccc2)c(C)cc1C. The quantitative estimate of drug-likeness (QED) is 0.846. The number of benzene rings is 2. The highest BCUT2D eigenvalue weighted by molar-refractivity contribution is 7.89. The molecule has 0 atom stereocenters. The van der Waals surface area contributed by atoms with Gasteiger partial charge in [0.2, 0.25) is 10.0 Å². The zero-order valence-corrected chi connectivity index (χ0v) is 14.6. The van der Waals surface area contributed by atoms with Crippen molar-refractivity contribution < 1.29 is 13.2 Å². The molecule has 0 bridgehead atoms. The molecule has 0 aromatic heterocycles. The molecule has 1 N–H and O–H groups in total. The Morgan fingerprint density at radius 1 is 1.04 bits per heavy atom. The van der Waals surface area contributed by atoms with Crippen molar-refractivity contribution in [2.45, 2.75) is 32.1 Å². The average Bonchev–Trinajstić information content (AvgIpc) is 2.51. The van der Waals surface area contributed by atoms with Crippen molar-refractivity contribution in [3.63, 3.8) is 0 Å². The summed E-state index contributed by atoms with van der Waals surface area (Å²) in [6, 6.07) is 13.3. The summed E-state index contributed by atoms with van der Waals surface area (Å²) in [6.07, 6.45) is 0.656. The fourth-order valence-corrected chi connectivity index (χ4v) is 3.74. The lowest BCUT2D eigenvalue weighted by Crippen LogP contribution is -2.26. The van der Waals surface area contributed by atoms with Crippen molar-refractivity contribution in [2.75, 3.05) is 13.2 Å². The fraction of sp³-hybridized carbons (Fsp3) is 0.333. The van der Waals surface area contributed by atoms with Gasteiger partial charge in [0.25, 0.3) is 0 Å².